The molecular weight excluding hydrogens is 442 g/mol. The van der Waals surface area contributed by atoms with Crippen molar-refractivity contribution in [3.8, 4) is 5.75 Å². The number of rotatable bonds is 5. The number of ketones is 3. The Labute approximate surface area is 199 Å². The maximum Gasteiger partial charge on any atom is 0.406 e. The topological polar surface area (TPSA) is 136 Å². The average molecular weight is 476 g/mol. The molecule has 0 bridgehead atoms. The fourth-order valence-electron chi connectivity index (χ4n) is 3.83. The molecule has 9 nitrogen and oxygen atoms in total. The normalized spacial score (nSPS) is 20.2. The summed E-state index contributed by atoms with van der Waals surface area (Å²) in [5, 5.41) is 12.9. The van der Waals surface area contributed by atoms with E-state index in [9.17, 15) is 29.1 Å². The van der Waals surface area contributed by atoms with Gasteiger partial charge in [0.05, 0.1) is 6.61 Å². The zero-order chi connectivity index (χ0) is 25.3. The molecule has 1 heterocycles. The first kappa shape index (κ1) is 27.0. The van der Waals surface area contributed by atoms with Crippen molar-refractivity contribution < 1.29 is 38.6 Å². The van der Waals surface area contributed by atoms with E-state index in [2.05, 4.69) is 5.32 Å². The van der Waals surface area contributed by atoms with Gasteiger partial charge in [0.15, 0.2) is 0 Å². The lowest BCUT2D eigenvalue weighted by Crippen LogP contribution is -2.28. The lowest BCUT2D eigenvalue weighted by molar-refractivity contribution is -0.144. The number of aromatic hydroxyl groups is 1. The molecule has 0 spiro atoms. The van der Waals surface area contributed by atoms with Crippen LogP contribution in [-0.4, -0.2) is 54.3 Å². The zero-order valence-corrected chi connectivity index (χ0v) is 20.0. The van der Waals surface area contributed by atoms with E-state index in [1.807, 2.05) is 0 Å². The van der Waals surface area contributed by atoms with Gasteiger partial charge in [-0.15, -0.1) is 0 Å². The Morgan fingerprint density at radius 1 is 1.09 bits per heavy atom. The zero-order valence-electron chi connectivity index (χ0n) is 20.0. The van der Waals surface area contributed by atoms with Crippen LogP contribution in [0.1, 0.15) is 73.9 Å². The highest BCUT2D eigenvalue weighted by Gasteiger charge is 2.28. The molecule has 0 aromatic heterocycles. The molecule has 2 rings (SSSR count). The van der Waals surface area contributed by atoms with Crippen LogP contribution in [0.2, 0.25) is 0 Å². The van der Waals surface area contributed by atoms with Gasteiger partial charge in [0, 0.05) is 19.9 Å². The van der Waals surface area contributed by atoms with Crippen LogP contribution in [-0.2, 0) is 36.7 Å². The molecule has 1 amide bonds. The first-order valence-corrected chi connectivity index (χ1v) is 11.6. The number of hydrogen-bond acceptors (Lipinski definition) is 8. The number of phenols is 1. The number of carbonyl (C=O) groups is 5. The van der Waals surface area contributed by atoms with E-state index in [0.717, 1.165) is 5.56 Å². The highest BCUT2D eigenvalue weighted by atomic mass is 16.5. The first-order chi connectivity index (χ1) is 16.1. The van der Waals surface area contributed by atoms with Crippen LogP contribution in [0.3, 0.4) is 0 Å². The average Bonchev–Trinajstić information content (AvgIpc) is 2.81. The molecule has 1 aromatic rings. The Morgan fingerprint density at radius 3 is 2.50 bits per heavy atom. The maximum atomic E-state index is 13.0. The number of hydrogen-bond donors (Lipinski definition) is 2. The van der Waals surface area contributed by atoms with Crippen molar-refractivity contribution in [1.29, 1.82) is 0 Å². The van der Waals surface area contributed by atoms with Gasteiger partial charge in [0.2, 0.25) is 11.6 Å². The summed E-state index contributed by atoms with van der Waals surface area (Å²) in [5.41, 5.74) is 1.41. The molecule has 0 saturated heterocycles. The number of benzene rings is 1. The predicted molar refractivity (Wildman–Crippen MR) is 123 cm³/mol. The first-order valence-electron chi connectivity index (χ1n) is 11.6. The van der Waals surface area contributed by atoms with Crippen LogP contribution in [0.4, 0.5) is 4.79 Å². The quantitative estimate of drug-likeness (QED) is 0.377. The van der Waals surface area contributed by atoms with Gasteiger partial charge >= 0.3 is 12.1 Å². The summed E-state index contributed by atoms with van der Waals surface area (Å²) in [5.74, 6) is -3.54. The molecule has 2 atom stereocenters. The van der Waals surface area contributed by atoms with Crippen molar-refractivity contribution in [2.45, 2.75) is 71.3 Å². The molecule has 1 aromatic carbocycles. The van der Waals surface area contributed by atoms with Gasteiger partial charge < -0.3 is 19.9 Å². The third-order valence-electron chi connectivity index (χ3n) is 6.13. The largest absolute Gasteiger partial charge is 0.507 e. The van der Waals surface area contributed by atoms with Gasteiger partial charge in [-0.2, -0.15) is 0 Å². The second kappa shape index (κ2) is 12.9. The molecular formula is C25H33NO8. The second-order valence-electron chi connectivity index (χ2n) is 8.60. The summed E-state index contributed by atoms with van der Waals surface area (Å²) in [6.07, 6.45) is 1.30. The minimum atomic E-state index is -0.985. The Balaban J connectivity index is 2.29. The molecule has 9 heteroatoms. The van der Waals surface area contributed by atoms with Crippen LogP contribution in [0.5, 0.6) is 5.75 Å². The van der Waals surface area contributed by atoms with Gasteiger partial charge in [-0.25, -0.2) is 9.59 Å². The van der Waals surface area contributed by atoms with E-state index in [0.29, 0.717) is 31.2 Å². The van der Waals surface area contributed by atoms with Crippen molar-refractivity contribution >= 4 is 29.4 Å². The number of alkyl carbamates (subject to hydrolysis) is 1. The summed E-state index contributed by atoms with van der Waals surface area (Å²) < 4.78 is 10.6. The molecule has 0 unspecified atom stereocenters. The highest BCUT2D eigenvalue weighted by molar-refractivity contribution is 6.63. The van der Waals surface area contributed by atoms with Gasteiger partial charge in [-0.1, -0.05) is 13.0 Å². The van der Waals surface area contributed by atoms with E-state index in [-0.39, 0.29) is 49.5 Å². The van der Waals surface area contributed by atoms with Crippen molar-refractivity contribution in [3.63, 3.8) is 0 Å². The smallest absolute Gasteiger partial charge is 0.406 e. The number of phenolic OH excluding ortho intramolecular Hbond substituents is 1. The Hall–Kier alpha value is -3.23. The summed E-state index contributed by atoms with van der Waals surface area (Å²) in [6.45, 7) is 3.72. The summed E-state index contributed by atoms with van der Waals surface area (Å²) in [4.78, 5) is 60.7. The van der Waals surface area contributed by atoms with E-state index in [1.165, 1.54) is 13.1 Å². The number of amides is 1. The molecule has 1 aliphatic heterocycles. The van der Waals surface area contributed by atoms with Crippen LogP contribution >= 0.6 is 0 Å². The standard InChI is InChI=1S/C25H33NO8/c1-15-10-12-21(29)23(30)20(28)9-6-8-18-17(7-4-5-14-33-25(32)26-3)11-13-19(27)22(18)24(31)34-16(15)2/h11,13,15-16,27H,4-10,12,14H2,1-3H3,(H,26,32)/t15-,16+/m1/s1. The molecule has 0 saturated carbocycles. The number of esters is 1. The van der Waals surface area contributed by atoms with E-state index in [1.54, 1.807) is 19.9 Å². The number of fused-ring (bicyclic) bond motifs is 1. The number of Topliss-reactive ketones (excluding diaryl/α,β-unsaturated/α-hetero) is 3. The lowest BCUT2D eigenvalue weighted by Gasteiger charge is -2.22. The molecule has 0 aliphatic carbocycles. The van der Waals surface area contributed by atoms with Gasteiger partial charge in [0.25, 0.3) is 5.78 Å². The minimum Gasteiger partial charge on any atom is -0.507 e. The SMILES string of the molecule is CNC(=O)OCCCCc1ccc(O)c2c1CCCC(=O)C(=O)C(=O)CC[C@@H](C)[C@H](C)OC2=O. The van der Waals surface area contributed by atoms with Gasteiger partial charge in [-0.3, -0.25) is 14.4 Å². The Kier molecular flexibility index (Phi) is 10.2. The fourth-order valence-corrected chi connectivity index (χ4v) is 3.83. The highest BCUT2D eigenvalue weighted by Crippen LogP contribution is 2.30. The molecule has 186 valence electrons. The van der Waals surface area contributed by atoms with E-state index < -0.39 is 35.5 Å². The molecule has 0 fully saturated rings. The van der Waals surface area contributed by atoms with Crippen molar-refractivity contribution in [3.05, 3.63) is 28.8 Å². The van der Waals surface area contributed by atoms with Crippen LogP contribution in [0.15, 0.2) is 12.1 Å². The minimum absolute atomic E-state index is 0.0603. The molecule has 2 N–H and O–H groups in total. The molecule has 0 radical (unpaired) electrons. The van der Waals surface area contributed by atoms with Crippen LogP contribution in [0, 0.1) is 5.92 Å². The number of carbonyl (C=O) groups excluding carboxylic acids is 5. The van der Waals surface area contributed by atoms with Crippen molar-refractivity contribution in [2.75, 3.05) is 13.7 Å². The third kappa shape index (κ3) is 7.40. The summed E-state index contributed by atoms with van der Waals surface area (Å²) in [7, 11) is 1.48. The van der Waals surface area contributed by atoms with Crippen molar-refractivity contribution in [2.24, 2.45) is 5.92 Å². The number of aryl methyl sites for hydroxylation is 1. The van der Waals surface area contributed by atoms with Gasteiger partial charge in [0.1, 0.15) is 17.4 Å². The summed E-state index contributed by atoms with van der Waals surface area (Å²) >= 11 is 0. The Morgan fingerprint density at radius 2 is 1.79 bits per heavy atom. The number of cyclic esters (lactones) is 1. The predicted octanol–water partition coefficient (Wildman–Crippen LogP) is 3.08. The molecule has 34 heavy (non-hydrogen) atoms. The van der Waals surface area contributed by atoms with Crippen LogP contribution < -0.4 is 5.32 Å². The van der Waals surface area contributed by atoms with E-state index in [4.69, 9.17) is 9.47 Å². The lowest BCUT2D eigenvalue weighted by atomic mass is 9.90. The second-order valence-corrected chi connectivity index (χ2v) is 8.60. The Bertz CT molecular complexity index is 939. The third-order valence-corrected chi connectivity index (χ3v) is 6.13. The van der Waals surface area contributed by atoms with Crippen LogP contribution in [0.25, 0.3) is 0 Å². The number of ether oxygens (including phenoxy) is 2. The van der Waals surface area contributed by atoms with Gasteiger partial charge in [-0.05, 0) is 68.6 Å². The number of unbranched alkanes of at least 4 members (excludes halogenated alkanes) is 1. The van der Waals surface area contributed by atoms with Crippen molar-refractivity contribution in [1.82, 2.24) is 5.32 Å². The maximum absolute atomic E-state index is 13.0. The summed E-state index contributed by atoms with van der Waals surface area (Å²) in [6, 6.07) is 3.16. The molecule has 1 aliphatic rings. The number of nitrogens with one attached hydrogen (secondary N) is 1. The monoisotopic (exact) mass is 475 g/mol. The van der Waals surface area contributed by atoms with E-state index >= 15 is 0 Å². The fraction of sp³-hybridized carbons (Fsp3) is 0.560.